The van der Waals surface area contributed by atoms with Gasteiger partial charge in [-0.25, -0.2) is 4.98 Å². The molecule has 4 heterocycles. The summed E-state index contributed by atoms with van der Waals surface area (Å²) in [6.45, 7) is 0. The second-order valence-corrected chi connectivity index (χ2v) is 8.55. The van der Waals surface area contributed by atoms with Crippen molar-refractivity contribution in [2.45, 2.75) is 0 Å². The van der Waals surface area contributed by atoms with E-state index in [4.69, 9.17) is 4.98 Å². The van der Waals surface area contributed by atoms with Crippen LogP contribution in [0, 0.1) is 0 Å². The molecule has 4 heteroatoms. The van der Waals surface area contributed by atoms with Crippen molar-refractivity contribution in [3.05, 3.63) is 122 Å². The van der Waals surface area contributed by atoms with Crippen LogP contribution >= 0.6 is 0 Å². The highest BCUT2D eigenvalue weighted by Crippen LogP contribution is 2.41. The van der Waals surface area contributed by atoms with Crippen LogP contribution in [0.1, 0.15) is 0 Å². The standard InChI is InChI=1S/C31H20N4/c1-2-10-23-22(9-1)24(28-12-4-7-17-33-28)20-26-25-19-21(27-11-3-6-16-32-27)14-15-29(25)35(31(23)26)30-13-5-8-18-34-30/h1-20H. The van der Waals surface area contributed by atoms with E-state index in [0.717, 1.165) is 44.8 Å². The molecule has 0 atom stereocenters. The number of fused-ring (bicyclic) bond motifs is 5. The Hall–Kier alpha value is -4.83. The lowest BCUT2D eigenvalue weighted by atomic mass is 9.97. The third-order valence-electron chi connectivity index (χ3n) is 6.55. The summed E-state index contributed by atoms with van der Waals surface area (Å²) in [4.78, 5) is 14.0. The van der Waals surface area contributed by atoms with Crippen LogP contribution < -0.4 is 0 Å². The Balaban J connectivity index is 1.67. The zero-order chi connectivity index (χ0) is 23.2. The molecule has 0 saturated heterocycles. The fraction of sp³-hybridized carbons (Fsp3) is 0. The molecule has 7 aromatic rings. The van der Waals surface area contributed by atoms with Gasteiger partial charge in [0.05, 0.1) is 22.4 Å². The maximum Gasteiger partial charge on any atom is 0.137 e. The molecule has 0 unspecified atom stereocenters. The van der Waals surface area contributed by atoms with Gasteiger partial charge in [-0.2, -0.15) is 0 Å². The third-order valence-corrected chi connectivity index (χ3v) is 6.55. The Morgan fingerprint density at radius 2 is 1.17 bits per heavy atom. The lowest BCUT2D eigenvalue weighted by Gasteiger charge is -2.11. The van der Waals surface area contributed by atoms with Gasteiger partial charge in [0.1, 0.15) is 5.82 Å². The van der Waals surface area contributed by atoms with Gasteiger partial charge in [-0.3, -0.25) is 14.5 Å². The zero-order valence-electron chi connectivity index (χ0n) is 18.8. The maximum absolute atomic E-state index is 4.73. The highest BCUT2D eigenvalue weighted by molar-refractivity contribution is 6.22. The van der Waals surface area contributed by atoms with Crippen LogP contribution in [0.25, 0.3) is 60.9 Å². The van der Waals surface area contributed by atoms with Gasteiger partial charge in [0.25, 0.3) is 0 Å². The first-order valence-corrected chi connectivity index (χ1v) is 11.6. The number of aromatic nitrogens is 4. The fourth-order valence-corrected chi connectivity index (χ4v) is 5.02. The minimum atomic E-state index is 0.897. The first kappa shape index (κ1) is 19.6. The molecular weight excluding hydrogens is 428 g/mol. The summed E-state index contributed by atoms with van der Waals surface area (Å²) in [5.74, 6) is 0.897. The molecule has 0 fully saturated rings. The van der Waals surface area contributed by atoms with Crippen molar-refractivity contribution in [3.8, 4) is 28.3 Å². The lowest BCUT2D eigenvalue weighted by molar-refractivity contribution is 1.08. The molecule has 164 valence electrons. The smallest absolute Gasteiger partial charge is 0.137 e. The SMILES string of the molecule is c1ccc(-c2ccc3c(c2)c2cc(-c4ccccn4)c4ccccc4c2n3-c2ccccn2)nc1. The van der Waals surface area contributed by atoms with E-state index in [1.807, 2.05) is 61.1 Å². The van der Waals surface area contributed by atoms with E-state index in [9.17, 15) is 0 Å². The normalized spacial score (nSPS) is 11.4. The molecule has 0 aliphatic rings. The summed E-state index contributed by atoms with van der Waals surface area (Å²) in [6, 6.07) is 35.6. The van der Waals surface area contributed by atoms with Gasteiger partial charge in [0.2, 0.25) is 0 Å². The molecule has 0 amide bonds. The third kappa shape index (κ3) is 3.11. The summed E-state index contributed by atoms with van der Waals surface area (Å²) in [5.41, 5.74) is 6.39. The molecule has 0 aliphatic heterocycles. The van der Waals surface area contributed by atoms with Gasteiger partial charge >= 0.3 is 0 Å². The van der Waals surface area contributed by atoms with Crippen LogP contribution in [0.3, 0.4) is 0 Å². The molecule has 0 radical (unpaired) electrons. The van der Waals surface area contributed by atoms with Crippen molar-refractivity contribution in [1.29, 1.82) is 0 Å². The Morgan fingerprint density at radius 3 is 1.89 bits per heavy atom. The van der Waals surface area contributed by atoms with E-state index in [2.05, 4.69) is 75.2 Å². The number of benzene rings is 3. The van der Waals surface area contributed by atoms with Crippen LogP contribution in [0.2, 0.25) is 0 Å². The van der Waals surface area contributed by atoms with Crippen LogP contribution in [0.15, 0.2) is 122 Å². The molecule has 4 nitrogen and oxygen atoms in total. The summed E-state index contributed by atoms with van der Waals surface area (Å²) < 4.78 is 2.28. The highest BCUT2D eigenvalue weighted by Gasteiger charge is 2.19. The minimum Gasteiger partial charge on any atom is -0.293 e. The predicted octanol–water partition coefficient (Wildman–Crippen LogP) is 7.46. The minimum absolute atomic E-state index is 0.897. The molecule has 3 aromatic carbocycles. The maximum atomic E-state index is 4.73. The number of hydrogen-bond donors (Lipinski definition) is 0. The van der Waals surface area contributed by atoms with Crippen LogP contribution in [0.5, 0.6) is 0 Å². The average Bonchev–Trinajstić information content (AvgIpc) is 3.28. The second-order valence-electron chi connectivity index (χ2n) is 8.55. The van der Waals surface area contributed by atoms with Gasteiger partial charge in [0.15, 0.2) is 0 Å². The van der Waals surface area contributed by atoms with Crippen LogP contribution in [-0.4, -0.2) is 19.5 Å². The van der Waals surface area contributed by atoms with Gasteiger partial charge in [-0.05, 0) is 60.0 Å². The van der Waals surface area contributed by atoms with E-state index in [1.54, 1.807) is 0 Å². The average molecular weight is 449 g/mol. The van der Waals surface area contributed by atoms with Crippen LogP contribution in [0.4, 0.5) is 0 Å². The molecule has 7 rings (SSSR count). The van der Waals surface area contributed by atoms with E-state index in [0.29, 0.717) is 0 Å². The quantitative estimate of drug-likeness (QED) is 0.282. The van der Waals surface area contributed by atoms with Gasteiger partial charge < -0.3 is 0 Å². The van der Waals surface area contributed by atoms with E-state index in [1.165, 1.54) is 16.2 Å². The zero-order valence-corrected chi connectivity index (χ0v) is 18.8. The van der Waals surface area contributed by atoms with E-state index in [-0.39, 0.29) is 0 Å². The van der Waals surface area contributed by atoms with Gasteiger partial charge in [0, 0.05) is 45.9 Å². The lowest BCUT2D eigenvalue weighted by Crippen LogP contribution is -1.97. The summed E-state index contributed by atoms with van der Waals surface area (Å²) >= 11 is 0. The fourth-order valence-electron chi connectivity index (χ4n) is 5.02. The predicted molar refractivity (Wildman–Crippen MR) is 143 cm³/mol. The topological polar surface area (TPSA) is 43.6 Å². The van der Waals surface area contributed by atoms with Crippen molar-refractivity contribution >= 4 is 32.6 Å². The van der Waals surface area contributed by atoms with E-state index >= 15 is 0 Å². The molecule has 4 aromatic heterocycles. The Labute approximate surface area is 202 Å². The van der Waals surface area contributed by atoms with Gasteiger partial charge in [-0.1, -0.05) is 48.5 Å². The molecule has 0 N–H and O–H groups in total. The largest absolute Gasteiger partial charge is 0.293 e. The second kappa shape index (κ2) is 7.89. The van der Waals surface area contributed by atoms with Crippen LogP contribution in [-0.2, 0) is 0 Å². The molecule has 35 heavy (non-hydrogen) atoms. The number of rotatable bonds is 3. The molecule has 0 bridgehead atoms. The Kier molecular flexibility index (Phi) is 4.42. The Bertz CT molecular complexity index is 1820. The first-order valence-electron chi connectivity index (χ1n) is 11.6. The number of pyridine rings is 3. The number of hydrogen-bond acceptors (Lipinski definition) is 3. The van der Waals surface area contributed by atoms with Gasteiger partial charge in [-0.15, -0.1) is 0 Å². The highest BCUT2D eigenvalue weighted by atomic mass is 15.1. The summed E-state index contributed by atoms with van der Waals surface area (Å²) in [6.07, 6.45) is 5.54. The van der Waals surface area contributed by atoms with Crippen molar-refractivity contribution < 1.29 is 0 Å². The van der Waals surface area contributed by atoms with E-state index < -0.39 is 0 Å². The van der Waals surface area contributed by atoms with Crippen molar-refractivity contribution in [2.75, 3.05) is 0 Å². The molecular formula is C31H20N4. The van der Waals surface area contributed by atoms with Crippen molar-refractivity contribution in [1.82, 2.24) is 19.5 Å². The summed E-state index contributed by atoms with van der Waals surface area (Å²) in [5, 5.41) is 4.68. The first-order chi connectivity index (χ1) is 17.4. The molecule has 0 spiro atoms. The molecule has 0 saturated carbocycles. The Morgan fingerprint density at radius 1 is 0.486 bits per heavy atom. The van der Waals surface area contributed by atoms with Crippen molar-refractivity contribution in [3.63, 3.8) is 0 Å². The van der Waals surface area contributed by atoms with Crippen molar-refractivity contribution in [2.24, 2.45) is 0 Å². The number of nitrogens with zero attached hydrogens (tertiary/aromatic N) is 4. The molecule has 0 aliphatic carbocycles. The summed E-state index contributed by atoms with van der Waals surface area (Å²) in [7, 11) is 0. The monoisotopic (exact) mass is 448 g/mol.